The third kappa shape index (κ3) is 4.02. The van der Waals surface area contributed by atoms with Crippen LogP contribution in [0.4, 0.5) is 10.5 Å². The highest BCUT2D eigenvalue weighted by atomic mass is 16.5. The number of fused-ring (bicyclic) bond motifs is 1. The van der Waals surface area contributed by atoms with Crippen LogP contribution in [0.5, 0.6) is 5.75 Å². The van der Waals surface area contributed by atoms with E-state index in [1.165, 1.54) is 7.11 Å². The molecule has 0 radical (unpaired) electrons. The van der Waals surface area contributed by atoms with E-state index in [-0.39, 0.29) is 18.7 Å². The van der Waals surface area contributed by atoms with Crippen LogP contribution in [0.2, 0.25) is 0 Å². The van der Waals surface area contributed by atoms with Crippen molar-refractivity contribution in [1.29, 1.82) is 0 Å². The van der Waals surface area contributed by atoms with Crippen molar-refractivity contribution in [3.05, 3.63) is 30.1 Å². The van der Waals surface area contributed by atoms with Crippen molar-refractivity contribution in [2.75, 3.05) is 38.3 Å². The number of benzene rings is 1. The molecule has 1 aromatic heterocycles. The number of carbonyl (C=O) groups is 1. The number of methoxy groups -OCH3 is 1. The fraction of sp³-hybridized carbons (Fsp3) is 0.545. The average Bonchev–Trinajstić information content (AvgIpc) is 3.43. The van der Waals surface area contributed by atoms with Crippen molar-refractivity contribution in [3.8, 4) is 16.9 Å². The molecule has 1 saturated heterocycles. The third-order valence-corrected chi connectivity index (χ3v) is 6.02. The number of aromatic nitrogens is 2. The second-order valence-electron chi connectivity index (χ2n) is 8.05. The van der Waals surface area contributed by atoms with Gasteiger partial charge in [-0.25, -0.2) is 4.79 Å². The molecule has 2 aliphatic heterocycles. The molecule has 2 unspecified atom stereocenters. The number of aliphatic hydroxyl groups is 1. The Morgan fingerprint density at radius 1 is 1.37 bits per heavy atom. The van der Waals surface area contributed by atoms with Crippen LogP contribution < -0.4 is 15.0 Å². The van der Waals surface area contributed by atoms with Gasteiger partial charge in [-0.3, -0.25) is 9.58 Å². The van der Waals surface area contributed by atoms with Gasteiger partial charge in [0, 0.05) is 41.4 Å². The Morgan fingerprint density at radius 2 is 2.23 bits per heavy atom. The molecule has 1 aromatic carbocycles. The van der Waals surface area contributed by atoms with Gasteiger partial charge in [0.25, 0.3) is 0 Å². The fourth-order valence-corrected chi connectivity index (χ4v) is 4.36. The first kappa shape index (κ1) is 20.7. The van der Waals surface area contributed by atoms with Crippen molar-refractivity contribution >= 4 is 11.8 Å². The Bertz CT molecular complexity index is 891. The van der Waals surface area contributed by atoms with Crippen LogP contribution in [0.15, 0.2) is 24.5 Å². The van der Waals surface area contributed by atoms with Gasteiger partial charge in [-0.05, 0) is 44.9 Å². The molecule has 1 fully saturated rings. The van der Waals surface area contributed by atoms with Gasteiger partial charge in [0.2, 0.25) is 0 Å². The highest BCUT2D eigenvalue weighted by molar-refractivity contribution is 5.92. The first-order valence-electron chi connectivity index (χ1n) is 10.6. The second kappa shape index (κ2) is 9.06. The van der Waals surface area contributed by atoms with Gasteiger partial charge in [-0.1, -0.05) is 0 Å². The van der Waals surface area contributed by atoms with E-state index in [2.05, 4.69) is 10.4 Å². The summed E-state index contributed by atoms with van der Waals surface area (Å²) in [6.07, 6.45) is 6.15. The number of aliphatic hydroxyl groups excluding tert-OH is 1. The number of anilines is 1. The summed E-state index contributed by atoms with van der Waals surface area (Å²) in [5.74, 6) is 1.30. The molecule has 2 N–H and O–H groups in total. The van der Waals surface area contributed by atoms with Crippen molar-refractivity contribution in [2.45, 2.75) is 38.8 Å². The van der Waals surface area contributed by atoms with Crippen molar-refractivity contribution in [3.63, 3.8) is 0 Å². The number of hydrogen-bond acceptors (Lipinski definition) is 6. The number of amides is 1. The van der Waals surface area contributed by atoms with Gasteiger partial charge in [-0.2, -0.15) is 5.10 Å². The quantitative estimate of drug-likeness (QED) is 0.755. The summed E-state index contributed by atoms with van der Waals surface area (Å²) >= 11 is 0. The van der Waals surface area contributed by atoms with E-state index in [1.54, 1.807) is 15.8 Å². The molecule has 8 nitrogen and oxygen atoms in total. The van der Waals surface area contributed by atoms with E-state index < -0.39 is 0 Å². The molecule has 0 spiro atoms. The molecule has 4 rings (SSSR count). The lowest BCUT2D eigenvalue weighted by atomic mass is 9.92. The lowest BCUT2D eigenvalue weighted by Gasteiger charge is -2.35. The highest BCUT2D eigenvalue weighted by Crippen LogP contribution is 2.43. The zero-order valence-corrected chi connectivity index (χ0v) is 17.6. The summed E-state index contributed by atoms with van der Waals surface area (Å²) in [6.45, 7) is 5.14. The molecule has 30 heavy (non-hydrogen) atoms. The summed E-state index contributed by atoms with van der Waals surface area (Å²) < 4.78 is 13.2. The summed E-state index contributed by atoms with van der Waals surface area (Å²) in [5.41, 5.74) is 3.79. The number of nitrogens with zero attached hydrogens (tertiary/aromatic N) is 3. The lowest BCUT2D eigenvalue weighted by molar-refractivity contribution is 0.175. The van der Waals surface area contributed by atoms with Crippen molar-refractivity contribution in [1.82, 2.24) is 15.1 Å². The number of hydrogen-bond donors (Lipinski definition) is 2. The van der Waals surface area contributed by atoms with Crippen molar-refractivity contribution in [2.24, 2.45) is 5.92 Å². The predicted octanol–water partition coefficient (Wildman–Crippen LogP) is 2.44. The maximum absolute atomic E-state index is 12.5. The van der Waals surface area contributed by atoms with Crippen LogP contribution in [-0.2, 0) is 17.7 Å². The number of nitrogens with one attached hydrogen (secondary N) is 1. The van der Waals surface area contributed by atoms with Gasteiger partial charge in [0.15, 0.2) is 0 Å². The summed E-state index contributed by atoms with van der Waals surface area (Å²) in [6, 6.07) is 4.04. The number of rotatable bonds is 6. The molecule has 162 valence electrons. The molecule has 0 bridgehead atoms. The Kier molecular flexibility index (Phi) is 6.24. The minimum absolute atomic E-state index is 0.0370. The standard InChI is InChI=1S/C22H30N4O4/c1-15-3-4-19-20(26(15)22(28)29-2)6-5-18(17-12-24-25(13-17)9-10-27)21(19)30-14-16-7-8-23-11-16/h5-6,12-13,15-16,23,27H,3-4,7-11,14H2,1-2H3. The van der Waals surface area contributed by atoms with Crippen molar-refractivity contribution < 1.29 is 19.4 Å². The van der Waals surface area contributed by atoms with E-state index >= 15 is 0 Å². The Labute approximate surface area is 176 Å². The largest absolute Gasteiger partial charge is 0.492 e. The number of ether oxygens (including phenoxy) is 2. The van der Waals surface area contributed by atoms with E-state index in [9.17, 15) is 9.90 Å². The molecular weight excluding hydrogens is 384 g/mol. The summed E-state index contributed by atoms with van der Waals surface area (Å²) in [7, 11) is 1.41. The van der Waals surface area contributed by atoms with Crippen LogP contribution in [0.25, 0.3) is 11.1 Å². The molecule has 0 saturated carbocycles. The average molecular weight is 415 g/mol. The van der Waals surface area contributed by atoms with Crippen LogP contribution in [0.3, 0.4) is 0 Å². The van der Waals surface area contributed by atoms with Gasteiger partial charge in [0.05, 0.1) is 38.8 Å². The monoisotopic (exact) mass is 414 g/mol. The van der Waals surface area contributed by atoms with Crippen LogP contribution >= 0.6 is 0 Å². The molecule has 2 aliphatic rings. The minimum Gasteiger partial charge on any atom is -0.492 e. The zero-order chi connectivity index (χ0) is 21.1. The van der Waals surface area contributed by atoms with Gasteiger partial charge >= 0.3 is 6.09 Å². The Morgan fingerprint density at radius 3 is 2.97 bits per heavy atom. The SMILES string of the molecule is COC(=O)N1c2ccc(-c3cnn(CCO)c3)c(OCC3CCNC3)c2CCC1C. The molecule has 3 heterocycles. The van der Waals surface area contributed by atoms with Gasteiger partial charge < -0.3 is 19.9 Å². The smallest absolute Gasteiger partial charge is 0.414 e. The zero-order valence-electron chi connectivity index (χ0n) is 17.6. The first-order chi connectivity index (χ1) is 14.6. The summed E-state index contributed by atoms with van der Waals surface area (Å²) in [4.78, 5) is 14.2. The topological polar surface area (TPSA) is 88.9 Å². The first-order valence-corrected chi connectivity index (χ1v) is 10.6. The fourth-order valence-electron chi connectivity index (χ4n) is 4.36. The molecule has 8 heteroatoms. The Balaban J connectivity index is 1.74. The molecule has 2 atom stereocenters. The lowest BCUT2D eigenvalue weighted by Crippen LogP contribution is -2.42. The van der Waals surface area contributed by atoms with Crippen LogP contribution in [0.1, 0.15) is 25.3 Å². The van der Waals surface area contributed by atoms with E-state index in [1.807, 2.05) is 25.3 Å². The predicted molar refractivity (Wildman–Crippen MR) is 114 cm³/mol. The maximum atomic E-state index is 12.5. The Hall–Kier alpha value is -2.58. The molecule has 0 aliphatic carbocycles. The summed E-state index contributed by atoms with van der Waals surface area (Å²) in [5, 5.41) is 16.9. The number of carbonyl (C=O) groups excluding carboxylic acids is 1. The third-order valence-electron chi connectivity index (χ3n) is 6.02. The van der Waals surface area contributed by atoms with E-state index in [4.69, 9.17) is 9.47 Å². The normalized spacial score (nSPS) is 20.8. The highest BCUT2D eigenvalue weighted by Gasteiger charge is 2.32. The molecular formula is C22H30N4O4. The van der Waals surface area contributed by atoms with Gasteiger partial charge in [-0.15, -0.1) is 0 Å². The molecule has 2 aromatic rings. The van der Waals surface area contributed by atoms with E-state index in [0.29, 0.717) is 19.1 Å². The second-order valence-corrected chi connectivity index (χ2v) is 8.05. The minimum atomic E-state index is -0.349. The van der Waals surface area contributed by atoms with Crippen LogP contribution in [-0.4, -0.2) is 60.4 Å². The van der Waals surface area contributed by atoms with Gasteiger partial charge in [0.1, 0.15) is 5.75 Å². The maximum Gasteiger partial charge on any atom is 0.414 e. The van der Waals surface area contributed by atoms with Crippen LogP contribution in [0, 0.1) is 5.92 Å². The molecule has 1 amide bonds. The van der Waals surface area contributed by atoms with E-state index in [0.717, 1.165) is 60.5 Å².